The van der Waals surface area contributed by atoms with Crippen LogP contribution in [0, 0.1) is 0 Å². The minimum absolute atomic E-state index is 0.158. The summed E-state index contributed by atoms with van der Waals surface area (Å²) in [4.78, 5) is 4.70. The van der Waals surface area contributed by atoms with Crippen LogP contribution in [-0.2, 0) is 11.8 Å². The molecule has 0 fully saturated rings. The van der Waals surface area contributed by atoms with Gasteiger partial charge in [0.25, 0.3) is 0 Å². The number of aromatic nitrogens is 1. The van der Waals surface area contributed by atoms with Crippen LogP contribution in [0.25, 0.3) is 0 Å². The number of hydrogen-bond acceptors (Lipinski definition) is 2. The molecule has 0 amide bonds. The van der Waals surface area contributed by atoms with Crippen molar-refractivity contribution in [3.63, 3.8) is 0 Å². The van der Waals surface area contributed by atoms with Crippen LogP contribution in [0.3, 0.4) is 0 Å². The van der Waals surface area contributed by atoms with Gasteiger partial charge in [0, 0.05) is 17.2 Å². The van der Waals surface area contributed by atoms with Crippen LogP contribution in [0.15, 0.2) is 35.7 Å². The number of thiazole rings is 1. The lowest BCUT2D eigenvalue weighted by Gasteiger charge is -2.14. The second-order valence-electron chi connectivity index (χ2n) is 5.04. The monoisotopic (exact) mass is 231 g/mol. The first-order chi connectivity index (χ1) is 7.55. The lowest BCUT2D eigenvalue weighted by Crippen LogP contribution is -2.11. The molecule has 16 heavy (non-hydrogen) atoms. The largest absolute Gasteiger partial charge is 0.245 e. The van der Waals surface area contributed by atoms with Crippen molar-refractivity contribution < 1.29 is 0 Å². The van der Waals surface area contributed by atoms with Crippen molar-refractivity contribution >= 4 is 11.3 Å². The second kappa shape index (κ2) is 4.38. The zero-order chi connectivity index (χ0) is 11.6. The van der Waals surface area contributed by atoms with Gasteiger partial charge in [0.2, 0.25) is 0 Å². The molecule has 0 saturated carbocycles. The second-order valence-corrected chi connectivity index (χ2v) is 5.98. The molecule has 0 atom stereocenters. The fraction of sp³-hybridized carbons (Fsp3) is 0.357. The summed E-state index contributed by atoms with van der Waals surface area (Å²) >= 11 is 1.76. The van der Waals surface area contributed by atoms with E-state index < -0.39 is 0 Å². The van der Waals surface area contributed by atoms with E-state index in [1.165, 1.54) is 16.3 Å². The SMILES string of the molecule is CC(C)(C)c1csc(Cc2ccccc2)n1. The smallest absolute Gasteiger partial charge is 0.0972 e. The van der Waals surface area contributed by atoms with Gasteiger partial charge >= 0.3 is 0 Å². The maximum absolute atomic E-state index is 4.70. The summed E-state index contributed by atoms with van der Waals surface area (Å²) in [6, 6.07) is 10.5. The normalized spacial score (nSPS) is 11.7. The molecule has 1 aromatic heterocycles. The molecular weight excluding hydrogens is 214 g/mol. The molecule has 0 saturated heterocycles. The van der Waals surface area contributed by atoms with E-state index in [-0.39, 0.29) is 5.41 Å². The number of hydrogen-bond donors (Lipinski definition) is 0. The number of rotatable bonds is 2. The molecule has 0 aliphatic carbocycles. The van der Waals surface area contributed by atoms with E-state index >= 15 is 0 Å². The molecular formula is C14H17NS. The van der Waals surface area contributed by atoms with Gasteiger partial charge in [-0.1, -0.05) is 51.1 Å². The molecule has 0 bridgehead atoms. The summed E-state index contributed by atoms with van der Waals surface area (Å²) in [5.41, 5.74) is 2.69. The molecule has 1 heterocycles. The van der Waals surface area contributed by atoms with Gasteiger partial charge in [-0.2, -0.15) is 0 Å². The molecule has 0 aliphatic heterocycles. The Bertz CT molecular complexity index is 451. The molecule has 1 nitrogen and oxygen atoms in total. The Morgan fingerprint density at radius 2 is 1.81 bits per heavy atom. The van der Waals surface area contributed by atoms with E-state index in [0.717, 1.165) is 6.42 Å². The van der Waals surface area contributed by atoms with Crippen LogP contribution in [0.2, 0.25) is 0 Å². The van der Waals surface area contributed by atoms with Crippen LogP contribution in [0.4, 0.5) is 0 Å². The maximum atomic E-state index is 4.70. The van der Waals surface area contributed by atoms with Gasteiger partial charge in [0.15, 0.2) is 0 Å². The Hall–Kier alpha value is -1.15. The molecule has 0 spiro atoms. The van der Waals surface area contributed by atoms with Gasteiger partial charge < -0.3 is 0 Å². The van der Waals surface area contributed by atoms with Gasteiger partial charge in [0.05, 0.1) is 10.7 Å². The van der Waals surface area contributed by atoms with E-state index in [0.29, 0.717) is 0 Å². The molecule has 0 unspecified atom stereocenters. The van der Waals surface area contributed by atoms with Crippen LogP contribution in [0.5, 0.6) is 0 Å². The molecule has 0 radical (unpaired) electrons. The van der Waals surface area contributed by atoms with Crippen molar-refractivity contribution in [2.45, 2.75) is 32.6 Å². The van der Waals surface area contributed by atoms with E-state index in [1.807, 2.05) is 6.07 Å². The van der Waals surface area contributed by atoms with E-state index in [9.17, 15) is 0 Å². The Kier molecular flexibility index (Phi) is 3.10. The van der Waals surface area contributed by atoms with Crippen molar-refractivity contribution in [1.29, 1.82) is 0 Å². The minimum Gasteiger partial charge on any atom is -0.245 e. The van der Waals surface area contributed by atoms with Crippen molar-refractivity contribution in [3.05, 3.63) is 52.0 Å². The number of benzene rings is 1. The summed E-state index contributed by atoms with van der Waals surface area (Å²) in [5, 5.41) is 3.38. The maximum Gasteiger partial charge on any atom is 0.0972 e. The Morgan fingerprint density at radius 3 is 2.38 bits per heavy atom. The minimum atomic E-state index is 0.158. The first kappa shape index (κ1) is 11.3. The Morgan fingerprint density at radius 1 is 1.12 bits per heavy atom. The Balaban J connectivity index is 2.15. The molecule has 84 valence electrons. The first-order valence-corrected chi connectivity index (χ1v) is 6.42. The first-order valence-electron chi connectivity index (χ1n) is 5.54. The van der Waals surface area contributed by atoms with Crippen LogP contribution >= 0.6 is 11.3 Å². The molecule has 1 aromatic carbocycles. The average molecular weight is 231 g/mol. The summed E-state index contributed by atoms with van der Waals surface area (Å²) in [5.74, 6) is 0. The number of nitrogens with zero attached hydrogens (tertiary/aromatic N) is 1. The molecule has 2 aromatic rings. The predicted octanol–water partition coefficient (Wildman–Crippen LogP) is 4.03. The van der Waals surface area contributed by atoms with Crippen LogP contribution in [0.1, 0.15) is 37.0 Å². The van der Waals surface area contributed by atoms with E-state index in [4.69, 9.17) is 4.98 Å². The average Bonchev–Trinajstić information content (AvgIpc) is 2.67. The molecule has 2 rings (SSSR count). The standard InChI is InChI=1S/C14H17NS/c1-14(2,3)12-10-16-13(15-12)9-11-7-5-4-6-8-11/h4-8,10H,9H2,1-3H3. The van der Waals surface area contributed by atoms with Crippen molar-refractivity contribution in [1.82, 2.24) is 4.98 Å². The fourth-order valence-corrected chi connectivity index (χ4v) is 2.56. The molecule has 0 aliphatic rings. The van der Waals surface area contributed by atoms with Gasteiger partial charge in [-0.3, -0.25) is 0 Å². The van der Waals surface area contributed by atoms with Gasteiger partial charge in [-0.05, 0) is 5.56 Å². The van der Waals surface area contributed by atoms with Crippen LogP contribution < -0.4 is 0 Å². The lowest BCUT2D eigenvalue weighted by molar-refractivity contribution is 0.571. The molecule has 0 N–H and O–H groups in total. The third-order valence-electron chi connectivity index (χ3n) is 2.52. The van der Waals surface area contributed by atoms with Crippen molar-refractivity contribution in [2.24, 2.45) is 0 Å². The summed E-state index contributed by atoms with van der Waals surface area (Å²) in [7, 11) is 0. The van der Waals surface area contributed by atoms with Gasteiger partial charge in [-0.15, -0.1) is 11.3 Å². The highest BCUT2D eigenvalue weighted by molar-refractivity contribution is 7.09. The van der Waals surface area contributed by atoms with E-state index in [2.05, 4.69) is 50.4 Å². The summed E-state index contributed by atoms with van der Waals surface area (Å²) < 4.78 is 0. The quantitative estimate of drug-likeness (QED) is 0.760. The van der Waals surface area contributed by atoms with Gasteiger partial charge in [0.1, 0.15) is 0 Å². The summed E-state index contributed by atoms with van der Waals surface area (Å²) in [6.45, 7) is 6.61. The third-order valence-corrected chi connectivity index (χ3v) is 3.37. The zero-order valence-corrected chi connectivity index (χ0v) is 10.8. The Labute approximate surface area is 101 Å². The summed E-state index contributed by atoms with van der Waals surface area (Å²) in [6.07, 6.45) is 0.946. The highest BCUT2D eigenvalue weighted by Gasteiger charge is 2.17. The third kappa shape index (κ3) is 2.70. The lowest BCUT2D eigenvalue weighted by atomic mass is 9.93. The fourth-order valence-electron chi connectivity index (χ4n) is 1.51. The zero-order valence-electron chi connectivity index (χ0n) is 10.0. The van der Waals surface area contributed by atoms with Crippen molar-refractivity contribution in [3.8, 4) is 0 Å². The van der Waals surface area contributed by atoms with Crippen LogP contribution in [-0.4, -0.2) is 4.98 Å². The highest BCUT2D eigenvalue weighted by atomic mass is 32.1. The highest BCUT2D eigenvalue weighted by Crippen LogP contribution is 2.24. The van der Waals surface area contributed by atoms with Gasteiger partial charge in [-0.25, -0.2) is 4.98 Å². The predicted molar refractivity (Wildman–Crippen MR) is 70.1 cm³/mol. The van der Waals surface area contributed by atoms with Crippen molar-refractivity contribution in [2.75, 3.05) is 0 Å². The van der Waals surface area contributed by atoms with E-state index in [1.54, 1.807) is 11.3 Å². The topological polar surface area (TPSA) is 12.9 Å². The molecule has 2 heteroatoms.